The highest BCUT2D eigenvalue weighted by atomic mass is 32.2. The summed E-state index contributed by atoms with van der Waals surface area (Å²) in [6.07, 6.45) is 0.510. The molecule has 0 N–H and O–H groups in total. The van der Waals surface area contributed by atoms with Gasteiger partial charge in [0.2, 0.25) is 0 Å². The van der Waals surface area contributed by atoms with Gasteiger partial charge in [0.1, 0.15) is 5.78 Å². The monoisotopic (exact) mass is 260 g/mol. The van der Waals surface area contributed by atoms with E-state index in [2.05, 4.69) is 27.7 Å². The van der Waals surface area contributed by atoms with Gasteiger partial charge in [-0.1, -0.05) is 48.5 Å². The molecule has 0 amide bonds. The van der Waals surface area contributed by atoms with Crippen LogP contribution in [0.4, 0.5) is 0 Å². The topological polar surface area (TPSA) is 26.3 Å². The molecule has 0 rings (SSSR count). The summed E-state index contributed by atoms with van der Waals surface area (Å²) in [4.78, 5) is 12.0. The van der Waals surface area contributed by atoms with Crippen molar-refractivity contribution in [2.75, 3.05) is 7.11 Å². The number of rotatable bonds is 5. The minimum atomic E-state index is -0.275. The Bertz CT molecular complexity index is 248. The highest BCUT2D eigenvalue weighted by Crippen LogP contribution is 2.32. The number of ketones is 1. The van der Waals surface area contributed by atoms with Crippen molar-refractivity contribution in [1.29, 1.82) is 0 Å². The molecule has 102 valence electrons. The van der Waals surface area contributed by atoms with E-state index in [1.165, 1.54) is 0 Å². The van der Waals surface area contributed by atoms with E-state index in [0.29, 0.717) is 11.7 Å². The first-order chi connectivity index (χ1) is 7.47. The van der Waals surface area contributed by atoms with Crippen LogP contribution in [-0.4, -0.2) is 29.0 Å². The summed E-state index contributed by atoms with van der Waals surface area (Å²) in [5, 5.41) is 0.325. The van der Waals surface area contributed by atoms with Gasteiger partial charge in [-0.25, -0.2) is 0 Å². The lowest BCUT2D eigenvalue weighted by molar-refractivity contribution is -0.128. The maximum absolute atomic E-state index is 12.0. The van der Waals surface area contributed by atoms with Gasteiger partial charge >= 0.3 is 0 Å². The SMILES string of the molecule is CO[C@@H](CC(=O)C(C)(C)C)[C@@H](C)SC(C)(C)C. The summed E-state index contributed by atoms with van der Waals surface area (Å²) in [5.74, 6) is 0.269. The molecule has 0 radical (unpaired) electrons. The second kappa shape index (κ2) is 6.24. The summed E-state index contributed by atoms with van der Waals surface area (Å²) in [7, 11) is 1.69. The Morgan fingerprint density at radius 3 is 1.94 bits per heavy atom. The minimum Gasteiger partial charge on any atom is -0.380 e. The Kier molecular flexibility index (Phi) is 6.23. The first-order valence-corrected chi connectivity index (χ1v) is 7.09. The maximum atomic E-state index is 12.0. The lowest BCUT2D eigenvalue weighted by atomic mass is 9.87. The molecule has 0 unspecified atom stereocenters. The fourth-order valence-corrected chi connectivity index (χ4v) is 3.04. The average molecular weight is 260 g/mol. The number of ether oxygens (including phenoxy) is 1. The van der Waals surface area contributed by atoms with Crippen molar-refractivity contribution in [3.63, 3.8) is 0 Å². The molecule has 2 atom stereocenters. The molecule has 0 aliphatic carbocycles. The third kappa shape index (κ3) is 7.10. The van der Waals surface area contributed by atoms with Gasteiger partial charge in [0.15, 0.2) is 0 Å². The molecule has 0 fully saturated rings. The van der Waals surface area contributed by atoms with Crippen LogP contribution < -0.4 is 0 Å². The fourth-order valence-electron chi connectivity index (χ4n) is 1.56. The molecular weight excluding hydrogens is 232 g/mol. The maximum Gasteiger partial charge on any atom is 0.140 e. The largest absolute Gasteiger partial charge is 0.380 e. The molecule has 0 aromatic heterocycles. The van der Waals surface area contributed by atoms with Gasteiger partial charge in [-0.2, -0.15) is 11.8 Å². The molecular formula is C14H28O2S. The molecule has 3 heteroatoms. The van der Waals surface area contributed by atoms with Crippen molar-refractivity contribution in [2.24, 2.45) is 5.41 Å². The molecule has 17 heavy (non-hydrogen) atoms. The molecule has 0 saturated heterocycles. The van der Waals surface area contributed by atoms with Gasteiger partial charge in [-0.05, 0) is 0 Å². The van der Waals surface area contributed by atoms with Gasteiger partial charge < -0.3 is 4.74 Å². The molecule has 0 bridgehead atoms. The molecule has 2 nitrogen and oxygen atoms in total. The summed E-state index contributed by atoms with van der Waals surface area (Å²) in [6.45, 7) is 14.6. The van der Waals surface area contributed by atoms with Crippen LogP contribution in [-0.2, 0) is 9.53 Å². The summed E-state index contributed by atoms with van der Waals surface area (Å²) >= 11 is 1.86. The first-order valence-electron chi connectivity index (χ1n) is 6.21. The highest BCUT2D eigenvalue weighted by molar-refractivity contribution is 8.01. The zero-order valence-corrected chi connectivity index (χ0v) is 13.4. The molecule has 0 aliphatic rings. The smallest absolute Gasteiger partial charge is 0.140 e. The van der Waals surface area contributed by atoms with Gasteiger partial charge in [0, 0.05) is 28.9 Å². The van der Waals surface area contributed by atoms with Crippen molar-refractivity contribution in [3.05, 3.63) is 0 Å². The van der Waals surface area contributed by atoms with Crippen LogP contribution in [0.25, 0.3) is 0 Å². The number of hydrogen-bond acceptors (Lipinski definition) is 3. The molecule has 0 aliphatic heterocycles. The van der Waals surface area contributed by atoms with Crippen molar-refractivity contribution in [3.8, 4) is 0 Å². The summed E-state index contributed by atoms with van der Waals surface area (Å²) < 4.78 is 5.68. The van der Waals surface area contributed by atoms with E-state index in [4.69, 9.17) is 4.74 Å². The number of hydrogen-bond donors (Lipinski definition) is 0. The van der Waals surface area contributed by atoms with Crippen molar-refractivity contribution in [1.82, 2.24) is 0 Å². The van der Waals surface area contributed by atoms with E-state index < -0.39 is 0 Å². The van der Waals surface area contributed by atoms with E-state index in [1.54, 1.807) is 7.11 Å². The normalized spacial score (nSPS) is 16.7. The number of carbonyl (C=O) groups is 1. The van der Waals surface area contributed by atoms with Crippen LogP contribution in [0.1, 0.15) is 54.9 Å². The Labute approximate surface area is 111 Å². The minimum absolute atomic E-state index is 0.00551. The number of methoxy groups -OCH3 is 1. The molecule has 0 heterocycles. The number of Topliss-reactive ketones (excluding diaryl/α,β-unsaturated/α-hetero) is 1. The predicted molar refractivity (Wildman–Crippen MR) is 76.7 cm³/mol. The quantitative estimate of drug-likeness (QED) is 0.749. The van der Waals surface area contributed by atoms with Gasteiger partial charge in [0.25, 0.3) is 0 Å². The Morgan fingerprint density at radius 1 is 1.18 bits per heavy atom. The Balaban J connectivity index is 4.49. The van der Waals surface area contributed by atoms with Crippen LogP contribution in [0.15, 0.2) is 0 Å². The first kappa shape index (κ1) is 17.0. The van der Waals surface area contributed by atoms with Crippen LogP contribution in [0.5, 0.6) is 0 Å². The molecule has 0 aromatic rings. The fraction of sp³-hybridized carbons (Fsp3) is 0.929. The Hall–Kier alpha value is -0.0200. The van der Waals surface area contributed by atoms with Crippen molar-refractivity contribution in [2.45, 2.75) is 71.0 Å². The van der Waals surface area contributed by atoms with E-state index >= 15 is 0 Å². The number of carbonyl (C=O) groups excluding carboxylic acids is 1. The Morgan fingerprint density at radius 2 is 1.65 bits per heavy atom. The lowest BCUT2D eigenvalue weighted by Crippen LogP contribution is -2.33. The van der Waals surface area contributed by atoms with E-state index in [-0.39, 0.29) is 22.0 Å². The standard InChI is InChI=1S/C14H28O2S/c1-10(17-14(5,6)7)11(16-8)9-12(15)13(2,3)4/h10-11H,9H2,1-8H3/t10-,11+/m1/s1. The van der Waals surface area contributed by atoms with Gasteiger partial charge in [-0.15, -0.1) is 0 Å². The lowest BCUT2D eigenvalue weighted by Gasteiger charge is -2.29. The van der Waals surface area contributed by atoms with Crippen molar-refractivity contribution >= 4 is 17.5 Å². The second-order valence-corrected chi connectivity index (χ2v) is 8.79. The van der Waals surface area contributed by atoms with E-state index in [9.17, 15) is 4.79 Å². The predicted octanol–water partition coefficient (Wildman–Crippen LogP) is 3.93. The van der Waals surface area contributed by atoms with Gasteiger partial charge in [0.05, 0.1) is 6.10 Å². The molecule has 0 spiro atoms. The molecule has 0 aromatic carbocycles. The third-order valence-corrected chi connectivity index (χ3v) is 3.97. The van der Waals surface area contributed by atoms with Crippen molar-refractivity contribution < 1.29 is 9.53 Å². The zero-order valence-electron chi connectivity index (χ0n) is 12.6. The van der Waals surface area contributed by atoms with E-state index in [0.717, 1.165) is 0 Å². The summed E-state index contributed by atoms with van der Waals surface area (Å²) in [6, 6.07) is 0. The van der Waals surface area contributed by atoms with Crippen LogP contribution in [0.2, 0.25) is 0 Å². The van der Waals surface area contributed by atoms with E-state index in [1.807, 2.05) is 32.5 Å². The average Bonchev–Trinajstić information content (AvgIpc) is 2.08. The van der Waals surface area contributed by atoms with Crippen LogP contribution >= 0.6 is 11.8 Å². The number of thioether (sulfide) groups is 1. The zero-order chi connectivity index (χ0) is 13.9. The van der Waals surface area contributed by atoms with Crippen LogP contribution in [0, 0.1) is 5.41 Å². The highest BCUT2D eigenvalue weighted by Gasteiger charge is 2.29. The van der Waals surface area contributed by atoms with Crippen LogP contribution in [0.3, 0.4) is 0 Å². The third-order valence-electron chi connectivity index (χ3n) is 2.59. The molecule has 0 saturated carbocycles. The van der Waals surface area contributed by atoms with Gasteiger partial charge in [-0.3, -0.25) is 4.79 Å². The summed E-state index contributed by atoms with van der Waals surface area (Å²) in [5.41, 5.74) is -0.275. The second-order valence-electron chi connectivity index (χ2n) is 6.59.